The number of para-hydroxylation sites is 2. The van der Waals surface area contributed by atoms with Crippen LogP contribution in [0.15, 0.2) is 134 Å². The zero-order chi connectivity index (χ0) is 32.5. The molecule has 6 aromatic rings. The van der Waals surface area contributed by atoms with Crippen molar-refractivity contribution < 1.29 is 0 Å². The first-order chi connectivity index (χ1) is 22.6. The van der Waals surface area contributed by atoms with Crippen LogP contribution in [-0.2, 0) is 10.8 Å². The summed E-state index contributed by atoms with van der Waals surface area (Å²) in [7, 11) is 0. The van der Waals surface area contributed by atoms with E-state index in [0.717, 1.165) is 22.6 Å². The van der Waals surface area contributed by atoms with Gasteiger partial charge in [0.1, 0.15) is 0 Å². The molecule has 0 spiro atoms. The predicted molar refractivity (Wildman–Crippen MR) is 201 cm³/mol. The number of hydrogen-bond donors (Lipinski definition) is 0. The average Bonchev–Trinajstić information content (AvgIpc) is 3.08. The zero-order valence-electron chi connectivity index (χ0n) is 28.1. The van der Waals surface area contributed by atoms with E-state index in [-0.39, 0.29) is 17.5 Å². The van der Waals surface area contributed by atoms with E-state index in [1.165, 1.54) is 50.3 Å². The van der Waals surface area contributed by atoms with Gasteiger partial charge in [0, 0.05) is 45.9 Å². The van der Waals surface area contributed by atoms with E-state index in [2.05, 4.69) is 173 Å². The van der Waals surface area contributed by atoms with Crippen molar-refractivity contribution in [2.75, 3.05) is 9.80 Å². The van der Waals surface area contributed by atoms with E-state index in [9.17, 15) is 0 Å². The molecule has 0 bridgehead atoms. The monoisotopic (exact) mass is 609 g/mol. The Morgan fingerprint density at radius 2 is 0.936 bits per heavy atom. The van der Waals surface area contributed by atoms with Crippen LogP contribution in [0.25, 0.3) is 11.3 Å². The largest absolute Gasteiger partial charge is 0.311 e. The van der Waals surface area contributed by atoms with Gasteiger partial charge in [0.2, 0.25) is 0 Å². The van der Waals surface area contributed by atoms with Gasteiger partial charge >= 0.3 is 0 Å². The predicted octanol–water partition coefficient (Wildman–Crippen LogP) is 9.43. The van der Waals surface area contributed by atoms with Gasteiger partial charge in [-0.2, -0.15) is 0 Å². The number of hydrogen-bond acceptors (Lipinski definition) is 3. The van der Waals surface area contributed by atoms with Gasteiger partial charge in [-0.1, -0.05) is 108 Å². The number of benzene rings is 5. The first-order valence-corrected chi connectivity index (χ1v) is 16.7. The van der Waals surface area contributed by atoms with E-state index in [0.29, 0.717) is 0 Å². The van der Waals surface area contributed by atoms with Crippen molar-refractivity contribution >= 4 is 57.2 Å². The fourth-order valence-corrected chi connectivity index (χ4v) is 7.36. The molecule has 0 amide bonds. The molecule has 2 aliphatic heterocycles. The summed E-state index contributed by atoms with van der Waals surface area (Å²) in [5.74, 6) is 0. The average molecular weight is 610 g/mol. The van der Waals surface area contributed by atoms with Crippen molar-refractivity contribution in [3.05, 3.63) is 145 Å². The molecule has 3 heterocycles. The second kappa shape index (κ2) is 10.7. The van der Waals surface area contributed by atoms with Crippen LogP contribution in [0.4, 0.5) is 34.1 Å². The quantitative estimate of drug-likeness (QED) is 0.186. The van der Waals surface area contributed by atoms with Crippen LogP contribution < -0.4 is 26.2 Å². The lowest BCUT2D eigenvalue weighted by molar-refractivity contribution is 0.590. The van der Waals surface area contributed by atoms with Crippen LogP contribution in [0.3, 0.4) is 0 Å². The molecular weight excluding hydrogens is 569 g/mol. The molecule has 0 fully saturated rings. The van der Waals surface area contributed by atoms with E-state index in [1.54, 1.807) is 0 Å². The lowest BCUT2D eigenvalue weighted by Crippen LogP contribution is -2.61. The maximum absolute atomic E-state index is 4.83. The maximum atomic E-state index is 4.83. The number of nitrogens with zero attached hydrogens (tertiary/aromatic N) is 3. The van der Waals surface area contributed by atoms with Gasteiger partial charge in [-0.15, -0.1) is 0 Å². The molecule has 0 aliphatic carbocycles. The summed E-state index contributed by atoms with van der Waals surface area (Å²) < 4.78 is 0. The highest BCUT2D eigenvalue weighted by atomic mass is 15.2. The third-order valence-electron chi connectivity index (χ3n) is 9.83. The van der Waals surface area contributed by atoms with Crippen molar-refractivity contribution in [1.82, 2.24) is 4.98 Å². The SMILES string of the molecule is CC(C)(C)c1ccc(N2c3ccccc3B3c4ccccc4N(c4ccc(C(C)(C)C)cc4)c4cc(-c5ccccn5)cc2c43)cc1. The van der Waals surface area contributed by atoms with Crippen LogP contribution in [0.2, 0.25) is 0 Å². The van der Waals surface area contributed by atoms with Crippen LogP contribution in [-0.4, -0.2) is 11.7 Å². The summed E-state index contributed by atoms with van der Waals surface area (Å²) in [5.41, 5.74) is 16.0. The van der Waals surface area contributed by atoms with Crippen molar-refractivity contribution in [3.8, 4) is 11.3 Å². The molecule has 230 valence electrons. The van der Waals surface area contributed by atoms with Gasteiger partial charge in [0.05, 0.1) is 5.69 Å². The van der Waals surface area contributed by atoms with E-state index in [1.807, 2.05) is 12.3 Å². The van der Waals surface area contributed by atoms with Gasteiger partial charge in [0.15, 0.2) is 0 Å². The minimum Gasteiger partial charge on any atom is -0.311 e. The Kier molecular flexibility index (Phi) is 6.70. The molecule has 0 radical (unpaired) electrons. The fraction of sp³-hybridized carbons (Fsp3) is 0.186. The Morgan fingerprint density at radius 3 is 1.36 bits per heavy atom. The Balaban J connectivity index is 1.44. The molecular formula is C43H40BN3. The van der Waals surface area contributed by atoms with Crippen LogP contribution in [0, 0.1) is 0 Å². The lowest BCUT2D eigenvalue weighted by atomic mass is 9.33. The third-order valence-corrected chi connectivity index (χ3v) is 9.83. The Hall–Kier alpha value is -5.09. The molecule has 4 heteroatoms. The molecule has 0 unspecified atom stereocenters. The van der Waals surface area contributed by atoms with Gasteiger partial charge in [-0.3, -0.25) is 4.98 Å². The van der Waals surface area contributed by atoms with Crippen molar-refractivity contribution in [2.45, 2.75) is 52.4 Å². The first kappa shape index (κ1) is 29.3. The highest BCUT2D eigenvalue weighted by molar-refractivity contribution is 7.00. The highest BCUT2D eigenvalue weighted by Crippen LogP contribution is 2.46. The highest BCUT2D eigenvalue weighted by Gasteiger charge is 2.43. The molecule has 0 N–H and O–H groups in total. The molecule has 3 nitrogen and oxygen atoms in total. The number of pyridine rings is 1. The number of anilines is 6. The lowest BCUT2D eigenvalue weighted by Gasteiger charge is -2.44. The first-order valence-electron chi connectivity index (χ1n) is 16.7. The Labute approximate surface area is 279 Å². The number of rotatable bonds is 3. The number of aromatic nitrogens is 1. The van der Waals surface area contributed by atoms with Crippen molar-refractivity contribution in [2.24, 2.45) is 0 Å². The molecule has 5 aromatic carbocycles. The molecule has 8 rings (SSSR count). The Bertz CT molecular complexity index is 1970. The molecule has 47 heavy (non-hydrogen) atoms. The van der Waals surface area contributed by atoms with Gasteiger partial charge in [0.25, 0.3) is 6.71 Å². The summed E-state index contributed by atoms with van der Waals surface area (Å²) in [6, 6.07) is 47.1. The summed E-state index contributed by atoms with van der Waals surface area (Å²) in [4.78, 5) is 9.78. The normalized spacial score (nSPS) is 13.6. The summed E-state index contributed by atoms with van der Waals surface area (Å²) in [6.45, 7) is 13.7. The van der Waals surface area contributed by atoms with Crippen LogP contribution >= 0.6 is 0 Å². The summed E-state index contributed by atoms with van der Waals surface area (Å²) in [6.07, 6.45) is 1.89. The van der Waals surface area contributed by atoms with Gasteiger partial charge in [-0.25, -0.2) is 0 Å². The minimum absolute atomic E-state index is 0.0776. The van der Waals surface area contributed by atoms with E-state index >= 15 is 0 Å². The topological polar surface area (TPSA) is 19.4 Å². The number of fused-ring (bicyclic) bond motifs is 4. The zero-order valence-corrected chi connectivity index (χ0v) is 28.1. The standard InChI is InChI=1S/C43H40BN3/c1-42(2,3)30-18-22-32(23-19-30)46-37-16-9-7-13-34(37)44-35-14-8-10-17-38(35)47(33-24-20-31(21-25-33)43(4,5)6)40-28-29(27-39(46)41(40)44)36-15-11-12-26-45-36/h7-28H,1-6H3. The maximum Gasteiger partial charge on any atom is 0.252 e. The van der Waals surface area contributed by atoms with Gasteiger partial charge in [-0.05, 0) is 99.0 Å². The molecule has 1 aromatic heterocycles. The van der Waals surface area contributed by atoms with Crippen LogP contribution in [0.1, 0.15) is 52.7 Å². The van der Waals surface area contributed by atoms with E-state index in [4.69, 9.17) is 4.98 Å². The van der Waals surface area contributed by atoms with Crippen molar-refractivity contribution in [3.63, 3.8) is 0 Å². The molecule has 2 aliphatic rings. The van der Waals surface area contributed by atoms with Gasteiger partial charge < -0.3 is 9.80 Å². The second-order valence-corrected chi connectivity index (χ2v) is 15.0. The molecule has 0 atom stereocenters. The Morgan fingerprint density at radius 1 is 0.489 bits per heavy atom. The summed E-state index contributed by atoms with van der Waals surface area (Å²) in [5, 5.41) is 0. The summed E-state index contributed by atoms with van der Waals surface area (Å²) >= 11 is 0. The third kappa shape index (κ3) is 4.86. The molecule has 0 saturated carbocycles. The van der Waals surface area contributed by atoms with Crippen LogP contribution in [0.5, 0.6) is 0 Å². The smallest absolute Gasteiger partial charge is 0.252 e. The molecule has 0 saturated heterocycles. The second-order valence-electron chi connectivity index (χ2n) is 15.0. The minimum atomic E-state index is 0.0776. The van der Waals surface area contributed by atoms with Crippen molar-refractivity contribution in [1.29, 1.82) is 0 Å². The fourth-order valence-electron chi connectivity index (χ4n) is 7.36. The van der Waals surface area contributed by atoms with E-state index < -0.39 is 0 Å².